The molecule has 7 heteroatoms. The Morgan fingerprint density at radius 2 is 2.06 bits per heavy atom. The molecule has 0 fully saturated rings. The molecule has 1 aliphatic rings. The molecule has 2 aromatic rings. The number of ether oxygens (including phenoxy) is 1. The molecule has 1 amide bonds. The lowest BCUT2D eigenvalue weighted by Crippen LogP contribution is -2.17. The zero-order valence-corrected chi connectivity index (χ0v) is 19.2. The Morgan fingerprint density at radius 3 is 2.71 bits per heavy atom. The third-order valence-electron chi connectivity index (χ3n) is 5.14. The molecule has 5 nitrogen and oxygen atoms in total. The highest BCUT2D eigenvalue weighted by atomic mass is 32.1. The summed E-state index contributed by atoms with van der Waals surface area (Å²) in [7, 11) is 0. The third-order valence-corrected chi connectivity index (χ3v) is 6.58. The quantitative estimate of drug-likeness (QED) is 0.342. The second-order valence-corrected chi connectivity index (χ2v) is 9.24. The van der Waals surface area contributed by atoms with Gasteiger partial charge in [-0.2, -0.15) is 10.5 Å². The van der Waals surface area contributed by atoms with Gasteiger partial charge in [-0.1, -0.05) is 38.2 Å². The summed E-state index contributed by atoms with van der Waals surface area (Å²) in [4.78, 5) is 12.8. The number of rotatable bonds is 6. The van der Waals surface area contributed by atoms with Crippen molar-refractivity contribution in [2.24, 2.45) is 5.92 Å². The zero-order valence-electron chi connectivity index (χ0n) is 17.5. The zero-order chi connectivity index (χ0) is 22.4. The van der Waals surface area contributed by atoms with Gasteiger partial charge in [0.05, 0.1) is 16.0 Å². The molecule has 1 aromatic heterocycles. The highest BCUT2D eigenvalue weighted by molar-refractivity contribution is 7.73. The van der Waals surface area contributed by atoms with Crippen LogP contribution in [-0.4, -0.2) is 12.5 Å². The van der Waals surface area contributed by atoms with Gasteiger partial charge in [-0.05, 0) is 66.5 Å². The molecule has 0 bridgehead atoms. The van der Waals surface area contributed by atoms with Crippen molar-refractivity contribution < 1.29 is 9.53 Å². The molecule has 0 radical (unpaired) electrons. The Balaban J connectivity index is 1.85. The Morgan fingerprint density at radius 1 is 1.32 bits per heavy atom. The number of benzene rings is 1. The number of nitriles is 2. The fourth-order valence-electron chi connectivity index (χ4n) is 3.51. The molecule has 1 aliphatic carbocycles. The third kappa shape index (κ3) is 5.38. The molecule has 1 aromatic carbocycles. The van der Waals surface area contributed by atoms with Crippen LogP contribution in [0, 0.1) is 32.4 Å². The summed E-state index contributed by atoms with van der Waals surface area (Å²) in [6, 6.07) is 11.4. The lowest BCUT2D eigenvalue weighted by atomic mass is 9.85. The summed E-state index contributed by atoms with van der Waals surface area (Å²) in [6.07, 6.45) is 5.05. The molecule has 0 saturated carbocycles. The van der Waals surface area contributed by atoms with E-state index in [1.165, 1.54) is 17.4 Å². The van der Waals surface area contributed by atoms with Crippen molar-refractivity contribution in [1.82, 2.24) is 0 Å². The van der Waals surface area contributed by atoms with Crippen LogP contribution in [0.4, 0.5) is 5.00 Å². The van der Waals surface area contributed by atoms with E-state index in [0.29, 0.717) is 32.5 Å². The van der Waals surface area contributed by atoms with E-state index >= 15 is 0 Å². The summed E-state index contributed by atoms with van der Waals surface area (Å²) >= 11 is 6.77. The van der Waals surface area contributed by atoms with Gasteiger partial charge in [0.1, 0.15) is 28.5 Å². The highest BCUT2D eigenvalue weighted by Gasteiger charge is 2.23. The number of carbonyl (C=O) groups is 1. The van der Waals surface area contributed by atoms with Crippen LogP contribution in [0.25, 0.3) is 6.08 Å². The Labute approximate surface area is 191 Å². The molecule has 0 aliphatic heterocycles. The average molecular weight is 450 g/mol. The first-order chi connectivity index (χ1) is 15.0. The van der Waals surface area contributed by atoms with Crippen molar-refractivity contribution >= 4 is 40.5 Å². The predicted molar refractivity (Wildman–Crippen MR) is 126 cm³/mol. The van der Waals surface area contributed by atoms with E-state index in [2.05, 4.69) is 18.3 Å². The summed E-state index contributed by atoms with van der Waals surface area (Å²) < 4.78 is 6.25. The van der Waals surface area contributed by atoms with E-state index in [0.717, 1.165) is 42.6 Å². The molecule has 1 heterocycles. The van der Waals surface area contributed by atoms with Gasteiger partial charge in [-0.25, -0.2) is 0 Å². The Hall–Kier alpha value is -3.00. The van der Waals surface area contributed by atoms with Crippen LogP contribution in [-0.2, 0) is 17.6 Å². The van der Waals surface area contributed by atoms with Gasteiger partial charge in [0.25, 0.3) is 5.91 Å². The number of nitrogens with zero attached hydrogens (tertiary/aromatic N) is 2. The van der Waals surface area contributed by atoms with Gasteiger partial charge in [0, 0.05) is 0 Å². The maximum atomic E-state index is 12.8. The van der Waals surface area contributed by atoms with E-state index in [9.17, 15) is 15.3 Å². The smallest absolute Gasteiger partial charge is 0.266 e. The number of carbonyl (C=O) groups excluding carboxylic acids is 1. The number of fused-ring (bicyclic) bond motifs is 1. The van der Waals surface area contributed by atoms with E-state index in [1.54, 1.807) is 24.3 Å². The van der Waals surface area contributed by atoms with Gasteiger partial charge in [-0.15, -0.1) is 11.3 Å². The van der Waals surface area contributed by atoms with Crippen LogP contribution in [0.2, 0.25) is 0 Å². The molecule has 1 N–H and O–H groups in total. The maximum Gasteiger partial charge on any atom is 0.266 e. The van der Waals surface area contributed by atoms with Gasteiger partial charge in [0.2, 0.25) is 0 Å². The van der Waals surface area contributed by atoms with Crippen LogP contribution in [0.5, 0.6) is 5.75 Å². The van der Waals surface area contributed by atoms with Crippen LogP contribution in [0.15, 0.2) is 29.8 Å². The molecule has 1 unspecified atom stereocenters. The molecular formula is C24H23N3O2S2. The topological polar surface area (TPSA) is 85.9 Å². The fraction of sp³-hybridized carbons (Fsp3) is 0.333. The highest BCUT2D eigenvalue weighted by Crippen LogP contribution is 2.36. The number of amides is 1. The first kappa shape index (κ1) is 22.7. The first-order valence-corrected chi connectivity index (χ1v) is 11.4. The lowest BCUT2D eigenvalue weighted by molar-refractivity contribution is -0.112. The summed E-state index contributed by atoms with van der Waals surface area (Å²) in [5.41, 5.74) is 3.11. The standard InChI is InChI=1S/C24H23N3O2S2/c1-3-10-29-18-7-5-16(6-8-18)12-17(13-25)22(28)27-23-21(14-26)19-9-4-15(2)11-20(19)24(30)31-23/h5-8,12,15H,3-4,9-11H2,1-2H3,(H,27,28)/b17-12+. The van der Waals surface area contributed by atoms with Crippen molar-refractivity contribution in [3.8, 4) is 17.9 Å². The van der Waals surface area contributed by atoms with Crippen LogP contribution in [0.1, 0.15) is 48.9 Å². The monoisotopic (exact) mass is 449 g/mol. The molecule has 3 rings (SSSR count). The van der Waals surface area contributed by atoms with E-state index in [-0.39, 0.29) is 5.57 Å². The van der Waals surface area contributed by atoms with Gasteiger partial charge < -0.3 is 10.1 Å². The minimum atomic E-state index is -0.555. The largest absolute Gasteiger partial charge is 0.494 e. The fourth-order valence-corrected chi connectivity index (χ4v) is 4.90. The van der Waals surface area contributed by atoms with Gasteiger partial charge >= 0.3 is 0 Å². The van der Waals surface area contributed by atoms with Gasteiger partial charge in [0.15, 0.2) is 0 Å². The Bertz CT molecular complexity index is 1150. The molecule has 0 spiro atoms. The average Bonchev–Trinajstić information content (AvgIpc) is 2.77. The van der Waals surface area contributed by atoms with Crippen molar-refractivity contribution in [1.29, 1.82) is 10.5 Å². The van der Waals surface area contributed by atoms with Crippen LogP contribution >= 0.6 is 23.6 Å². The molecule has 31 heavy (non-hydrogen) atoms. The minimum absolute atomic E-state index is 0.0458. The molecular weight excluding hydrogens is 426 g/mol. The summed E-state index contributed by atoms with van der Waals surface area (Å²) in [6.45, 7) is 4.84. The van der Waals surface area contributed by atoms with Crippen LogP contribution < -0.4 is 10.1 Å². The second kappa shape index (κ2) is 10.3. The molecule has 1 atom stereocenters. The van der Waals surface area contributed by atoms with E-state index < -0.39 is 5.91 Å². The number of hydrogen-bond donors (Lipinski definition) is 1. The lowest BCUT2D eigenvalue weighted by Gasteiger charge is -2.23. The van der Waals surface area contributed by atoms with Gasteiger partial charge in [-0.3, -0.25) is 4.79 Å². The number of anilines is 1. The second-order valence-electron chi connectivity index (χ2n) is 7.55. The minimum Gasteiger partial charge on any atom is -0.494 e. The normalized spacial score (nSPS) is 15.4. The maximum absolute atomic E-state index is 12.8. The van der Waals surface area contributed by atoms with Crippen molar-refractivity contribution in [3.05, 3.63) is 55.9 Å². The number of nitrogens with one attached hydrogen (secondary N) is 1. The van der Waals surface area contributed by atoms with E-state index in [1.807, 2.05) is 13.0 Å². The van der Waals surface area contributed by atoms with Crippen molar-refractivity contribution in [2.75, 3.05) is 11.9 Å². The first-order valence-electron chi connectivity index (χ1n) is 10.2. The van der Waals surface area contributed by atoms with Crippen molar-refractivity contribution in [2.45, 2.75) is 39.5 Å². The van der Waals surface area contributed by atoms with Crippen LogP contribution in [0.3, 0.4) is 0 Å². The SMILES string of the molecule is CCCOc1ccc(/C=C(\C#N)C(=O)Nc2sc(=S)c3c(c2C#N)CCC(C)C3)cc1. The predicted octanol–water partition coefficient (Wildman–Crippen LogP) is 5.81. The Kier molecular flexibility index (Phi) is 7.57. The summed E-state index contributed by atoms with van der Waals surface area (Å²) in [5, 5.41) is 22.4. The number of hydrogen-bond acceptors (Lipinski definition) is 6. The molecule has 0 saturated heterocycles. The summed E-state index contributed by atoms with van der Waals surface area (Å²) in [5.74, 6) is 0.712. The van der Waals surface area contributed by atoms with Crippen molar-refractivity contribution in [3.63, 3.8) is 0 Å². The van der Waals surface area contributed by atoms with E-state index in [4.69, 9.17) is 17.0 Å². The molecule has 158 valence electrons.